The summed E-state index contributed by atoms with van der Waals surface area (Å²) in [5.74, 6) is 0.293. The van der Waals surface area contributed by atoms with Crippen LogP contribution >= 0.6 is 0 Å². The molecular formula is C29H39NO4Si. The van der Waals surface area contributed by atoms with Crippen molar-refractivity contribution in [1.82, 2.24) is 4.98 Å². The fraction of sp³-hybridized carbons (Fsp3) is 0.448. The molecule has 0 radical (unpaired) electrons. The first-order chi connectivity index (χ1) is 16.6. The maximum Gasteiger partial charge on any atom is 0.335 e. The number of carboxylic acids is 1. The quantitative estimate of drug-likeness (QED) is 0.203. The summed E-state index contributed by atoms with van der Waals surface area (Å²) >= 11 is 0. The molecule has 1 atom stereocenters. The van der Waals surface area contributed by atoms with Gasteiger partial charge < -0.3 is 13.9 Å². The summed E-state index contributed by atoms with van der Waals surface area (Å²) in [6.45, 7) is 11.2. The average Bonchev–Trinajstić information content (AvgIpc) is 3.31. The summed E-state index contributed by atoms with van der Waals surface area (Å²) in [6.07, 6.45) is 8.10. The third-order valence-electron chi connectivity index (χ3n) is 6.98. The molecule has 0 fully saturated rings. The number of oxazole rings is 1. The van der Waals surface area contributed by atoms with Crippen molar-refractivity contribution in [1.29, 1.82) is 0 Å². The third kappa shape index (κ3) is 7.64. The van der Waals surface area contributed by atoms with Crippen molar-refractivity contribution < 1.29 is 18.7 Å². The van der Waals surface area contributed by atoms with Gasteiger partial charge in [0, 0.05) is 5.56 Å². The molecular weight excluding hydrogens is 454 g/mol. The molecule has 188 valence electrons. The van der Waals surface area contributed by atoms with Crippen LogP contribution in [-0.2, 0) is 10.8 Å². The maximum atomic E-state index is 11.1. The van der Waals surface area contributed by atoms with Crippen molar-refractivity contribution in [2.45, 2.75) is 83.5 Å². The highest BCUT2D eigenvalue weighted by Gasteiger charge is 2.40. The summed E-state index contributed by atoms with van der Waals surface area (Å²) in [6, 6.07) is 17.3. The normalized spacial score (nSPS) is 13.1. The van der Waals surface area contributed by atoms with Gasteiger partial charge >= 0.3 is 5.97 Å². The van der Waals surface area contributed by atoms with E-state index in [0.717, 1.165) is 31.2 Å². The highest BCUT2D eigenvalue weighted by Crippen LogP contribution is 2.41. The number of hydrogen-bond donors (Lipinski definition) is 1. The van der Waals surface area contributed by atoms with Crippen molar-refractivity contribution in [2.24, 2.45) is 0 Å². The zero-order valence-electron chi connectivity index (χ0n) is 21.7. The summed E-state index contributed by atoms with van der Waals surface area (Å²) in [5, 5.41) is 9.23. The number of aromatic nitrogens is 1. The van der Waals surface area contributed by atoms with Gasteiger partial charge in [0.1, 0.15) is 6.10 Å². The first-order valence-corrected chi connectivity index (χ1v) is 15.5. The van der Waals surface area contributed by atoms with E-state index in [4.69, 9.17) is 13.9 Å². The predicted octanol–water partition coefficient (Wildman–Crippen LogP) is 8.30. The molecule has 0 aliphatic heterocycles. The topological polar surface area (TPSA) is 72.6 Å². The smallest absolute Gasteiger partial charge is 0.335 e. The van der Waals surface area contributed by atoms with E-state index in [9.17, 15) is 4.79 Å². The molecule has 0 saturated heterocycles. The highest BCUT2D eigenvalue weighted by atomic mass is 28.4. The zero-order valence-corrected chi connectivity index (χ0v) is 22.7. The number of benzene rings is 2. The van der Waals surface area contributed by atoms with E-state index in [1.807, 2.05) is 0 Å². The number of nitrogens with zero attached hydrogens (tertiary/aromatic N) is 1. The molecule has 35 heavy (non-hydrogen) atoms. The molecule has 5 nitrogen and oxygen atoms in total. The Balaban J connectivity index is 1.65. The van der Waals surface area contributed by atoms with Gasteiger partial charge in [-0.25, -0.2) is 9.78 Å². The van der Waals surface area contributed by atoms with Gasteiger partial charge in [-0.05, 0) is 55.1 Å². The van der Waals surface area contributed by atoms with Crippen LogP contribution in [0.2, 0.25) is 18.1 Å². The SMILES string of the molecule is CC(C)(C)[Si](C)(C)OC(CCCCCCc1ccccc1)c1ncc(-c2ccc(C(=O)O)cc2)o1. The number of rotatable bonds is 12. The molecule has 1 aromatic heterocycles. The first-order valence-electron chi connectivity index (χ1n) is 12.6. The number of carbonyl (C=O) groups is 1. The molecule has 1 heterocycles. The largest absolute Gasteiger partial charge is 0.478 e. The Kier molecular flexibility index (Phi) is 9.08. The van der Waals surface area contributed by atoms with Gasteiger partial charge in [-0.15, -0.1) is 0 Å². The molecule has 0 bridgehead atoms. The van der Waals surface area contributed by atoms with Crippen molar-refractivity contribution in [3.05, 3.63) is 77.8 Å². The number of unbranched alkanes of at least 4 members (excludes halogenated alkanes) is 3. The summed E-state index contributed by atoms with van der Waals surface area (Å²) in [5.41, 5.74) is 2.45. The Labute approximate surface area is 210 Å². The number of hydrogen-bond acceptors (Lipinski definition) is 4. The minimum absolute atomic E-state index is 0.0863. The van der Waals surface area contributed by atoms with Crippen molar-refractivity contribution >= 4 is 14.3 Å². The van der Waals surface area contributed by atoms with Gasteiger partial charge in [-0.2, -0.15) is 0 Å². The van der Waals surface area contributed by atoms with Gasteiger partial charge in [0.15, 0.2) is 14.1 Å². The lowest BCUT2D eigenvalue weighted by Crippen LogP contribution is -2.41. The van der Waals surface area contributed by atoms with Crippen LogP contribution in [0.1, 0.15) is 80.8 Å². The number of aromatic carboxylic acids is 1. The summed E-state index contributed by atoms with van der Waals surface area (Å²) in [4.78, 5) is 15.7. The molecule has 0 amide bonds. The van der Waals surface area contributed by atoms with Crippen LogP contribution in [0.25, 0.3) is 11.3 Å². The predicted molar refractivity (Wildman–Crippen MR) is 143 cm³/mol. The summed E-state index contributed by atoms with van der Waals surface area (Å²) in [7, 11) is -2.03. The summed E-state index contributed by atoms with van der Waals surface area (Å²) < 4.78 is 12.9. The molecule has 6 heteroatoms. The molecule has 1 N–H and O–H groups in total. The molecule has 0 saturated carbocycles. The van der Waals surface area contributed by atoms with Crippen molar-refractivity contribution in [3.63, 3.8) is 0 Å². The Morgan fingerprint density at radius 1 is 1.00 bits per heavy atom. The van der Waals surface area contributed by atoms with Crippen molar-refractivity contribution in [2.75, 3.05) is 0 Å². The van der Waals surface area contributed by atoms with E-state index in [0.29, 0.717) is 11.7 Å². The Hall–Kier alpha value is -2.70. The number of carboxylic acid groups (broad SMARTS) is 1. The molecule has 2 aromatic carbocycles. The van der Waals surface area contributed by atoms with Gasteiger partial charge in [0.25, 0.3) is 0 Å². The lowest BCUT2D eigenvalue weighted by Gasteiger charge is -2.38. The number of aryl methyl sites for hydroxylation is 1. The second-order valence-corrected chi connectivity index (χ2v) is 15.5. The Morgan fingerprint density at radius 2 is 1.66 bits per heavy atom. The highest BCUT2D eigenvalue weighted by molar-refractivity contribution is 6.74. The van der Waals surface area contributed by atoms with Crippen molar-refractivity contribution in [3.8, 4) is 11.3 Å². The van der Waals surface area contributed by atoms with Crippen LogP contribution < -0.4 is 0 Å². The van der Waals surface area contributed by atoms with E-state index in [-0.39, 0.29) is 16.7 Å². The Morgan fingerprint density at radius 3 is 2.29 bits per heavy atom. The third-order valence-corrected chi connectivity index (χ3v) is 11.5. The van der Waals surface area contributed by atoms with Crippen LogP contribution in [0.5, 0.6) is 0 Å². The van der Waals surface area contributed by atoms with Gasteiger partial charge in [0.2, 0.25) is 5.89 Å². The fourth-order valence-corrected chi connectivity index (χ4v) is 5.05. The van der Waals surface area contributed by atoms with E-state index in [1.165, 1.54) is 18.4 Å². The van der Waals surface area contributed by atoms with E-state index >= 15 is 0 Å². The average molecular weight is 494 g/mol. The lowest BCUT2D eigenvalue weighted by atomic mass is 10.0. The minimum atomic E-state index is -2.03. The molecule has 0 spiro atoms. The minimum Gasteiger partial charge on any atom is -0.478 e. The molecule has 0 aliphatic rings. The first kappa shape index (κ1) is 26.9. The molecule has 0 aliphatic carbocycles. The van der Waals surface area contributed by atoms with Crippen LogP contribution in [0.3, 0.4) is 0 Å². The van der Waals surface area contributed by atoms with Gasteiger partial charge in [-0.3, -0.25) is 0 Å². The second kappa shape index (κ2) is 11.8. The van der Waals surface area contributed by atoms with Gasteiger partial charge in [0.05, 0.1) is 11.8 Å². The standard InChI is InChI=1S/C29H39NO4Si/c1-29(2,3)35(4,5)34-25(16-12-7-6-9-13-22-14-10-8-11-15-22)27-30-21-26(33-27)23-17-19-24(20-18-23)28(31)32/h8,10-11,14-15,17-21,25H,6-7,9,12-13,16H2,1-5H3,(H,31,32). The Bertz CT molecular complexity index is 1070. The van der Waals surface area contributed by atoms with Gasteiger partial charge in [-0.1, -0.05) is 82.5 Å². The zero-order chi connectivity index (χ0) is 25.5. The fourth-order valence-electron chi connectivity index (χ4n) is 3.77. The molecule has 1 unspecified atom stereocenters. The molecule has 3 aromatic rings. The van der Waals surface area contributed by atoms with Crippen LogP contribution in [-0.4, -0.2) is 24.4 Å². The maximum absolute atomic E-state index is 11.1. The monoisotopic (exact) mass is 493 g/mol. The van der Waals surface area contributed by atoms with Crippen LogP contribution in [0, 0.1) is 0 Å². The lowest BCUT2D eigenvalue weighted by molar-refractivity contribution is 0.0697. The van der Waals surface area contributed by atoms with E-state index in [1.54, 1.807) is 30.5 Å². The van der Waals surface area contributed by atoms with E-state index in [2.05, 4.69) is 69.2 Å². The second-order valence-electron chi connectivity index (χ2n) is 10.8. The van der Waals surface area contributed by atoms with Crippen LogP contribution in [0.4, 0.5) is 0 Å². The molecule has 3 rings (SSSR count). The van der Waals surface area contributed by atoms with E-state index < -0.39 is 14.3 Å². The van der Waals surface area contributed by atoms with Crippen LogP contribution in [0.15, 0.2) is 65.2 Å².